The summed E-state index contributed by atoms with van der Waals surface area (Å²) in [5.41, 5.74) is 0. The van der Waals surface area contributed by atoms with Crippen molar-refractivity contribution in [2.75, 3.05) is 6.26 Å². The van der Waals surface area contributed by atoms with E-state index < -0.39 is 22.0 Å². The van der Waals surface area contributed by atoms with Crippen molar-refractivity contribution in [1.29, 1.82) is 0 Å². The molecular formula is C6H11F2NO2S. The Hall–Kier alpha value is -0.230. The smallest absolute Gasteiger partial charge is 0.213 e. The van der Waals surface area contributed by atoms with Gasteiger partial charge >= 0.3 is 0 Å². The molecule has 0 aromatic rings. The molecule has 0 saturated heterocycles. The van der Waals surface area contributed by atoms with Crippen LogP contribution in [0.1, 0.15) is 19.3 Å². The van der Waals surface area contributed by atoms with Crippen LogP contribution < -0.4 is 4.72 Å². The van der Waals surface area contributed by atoms with E-state index >= 15 is 0 Å². The van der Waals surface area contributed by atoms with Gasteiger partial charge in [0.05, 0.1) is 12.3 Å². The second-order valence-electron chi connectivity index (χ2n) is 3.10. The summed E-state index contributed by atoms with van der Waals surface area (Å²) in [5.74, 6) is -2.87. The van der Waals surface area contributed by atoms with Crippen molar-refractivity contribution in [3.8, 4) is 0 Å². The summed E-state index contributed by atoms with van der Waals surface area (Å²) < 4.78 is 48.8. The van der Waals surface area contributed by atoms with E-state index in [1.807, 2.05) is 4.72 Å². The Labute approximate surface area is 70.2 Å². The Balaban J connectivity index is 2.65. The first kappa shape index (κ1) is 9.85. The molecular weight excluding hydrogens is 188 g/mol. The monoisotopic (exact) mass is 199 g/mol. The van der Waals surface area contributed by atoms with E-state index in [9.17, 15) is 17.2 Å². The van der Waals surface area contributed by atoms with Crippen molar-refractivity contribution >= 4 is 10.0 Å². The fraction of sp³-hybridized carbons (Fsp3) is 1.00. The summed E-state index contributed by atoms with van der Waals surface area (Å²) in [7, 11) is -3.51. The summed E-state index contributed by atoms with van der Waals surface area (Å²) in [5, 5.41) is 0. The van der Waals surface area contributed by atoms with Crippen molar-refractivity contribution in [2.24, 2.45) is 0 Å². The highest BCUT2D eigenvalue weighted by Gasteiger charge is 2.44. The van der Waals surface area contributed by atoms with E-state index in [1.165, 1.54) is 0 Å². The molecule has 0 aromatic carbocycles. The number of hydrogen-bond acceptors (Lipinski definition) is 2. The average molecular weight is 199 g/mol. The molecule has 12 heavy (non-hydrogen) atoms. The molecule has 0 heterocycles. The predicted molar refractivity (Wildman–Crippen MR) is 40.6 cm³/mol. The first-order valence-electron chi connectivity index (χ1n) is 3.66. The van der Waals surface area contributed by atoms with Gasteiger partial charge in [-0.25, -0.2) is 21.9 Å². The van der Waals surface area contributed by atoms with Gasteiger partial charge in [-0.15, -0.1) is 0 Å². The number of halogens is 2. The van der Waals surface area contributed by atoms with Gasteiger partial charge in [-0.3, -0.25) is 0 Å². The Morgan fingerprint density at radius 3 is 2.42 bits per heavy atom. The number of nitrogens with one attached hydrogen (secondary N) is 1. The van der Waals surface area contributed by atoms with Gasteiger partial charge in [0.25, 0.3) is 5.92 Å². The second kappa shape index (κ2) is 2.92. The molecule has 1 aliphatic rings. The van der Waals surface area contributed by atoms with Crippen molar-refractivity contribution in [3.63, 3.8) is 0 Å². The third-order valence-electron chi connectivity index (χ3n) is 1.87. The molecule has 0 aliphatic heterocycles. The molecule has 1 atom stereocenters. The van der Waals surface area contributed by atoms with Crippen molar-refractivity contribution in [3.05, 3.63) is 0 Å². The van der Waals surface area contributed by atoms with Crippen molar-refractivity contribution < 1.29 is 17.2 Å². The maximum absolute atomic E-state index is 12.8. The normalized spacial score (nSPS) is 29.1. The van der Waals surface area contributed by atoms with Crippen LogP contribution in [0.5, 0.6) is 0 Å². The Morgan fingerprint density at radius 1 is 1.50 bits per heavy atom. The predicted octanol–water partition coefficient (Wildman–Crippen LogP) is 0.723. The van der Waals surface area contributed by atoms with E-state index in [0.29, 0.717) is 6.42 Å². The minimum absolute atomic E-state index is 0.222. The third kappa shape index (κ3) is 2.38. The van der Waals surface area contributed by atoms with E-state index in [0.717, 1.165) is 6.26 Å². The standard InChI is InChI=1S/C6H11F2NO2S/c1-12(10,11)9-5-3-2-4-6(5,7)8/h5,9H,2-4H2,1H3. The van der Waals surface area contributed by atoms with Crippen LogP contribution in [-0.2, 0) is 10.0 Å². The lowest BCUT2D eigenvalue weighted by Crippen LogP contribution is -2.43. The Bertz CT molecular complexity index is 263. The van der Waals surface area contributed by atoms with Crippen LogP contribution >= 0.6 is 0 Å². The maximum atomic E-state index is 12.8. The van der Waals surface area contributed by atoms with E-state index in [-0.39, 0.29) is 12.8 Å². The third-order valence-corrected chi connectivity index (χ3v) is 2.58. The molecule has 0 amide bonds. The molecule has 6 heteroatoms. The van der Waals surface area contributed by atoms with Gasteiger partial charge in [0.1, 0.15) is 0 Å². The van der Waals surface area contributed by atoms with Gasteiger partial charge in [0, 0.05) is 6.42 Å². The summed E-state index contributed by atoms with van der Waals surface area (Å²) in [6.45, 7) is 0. The van der Waals surface area contributed by atoms with Gasteiger partial charge in [0.2, 0.25) is 10.0 Å². The molecule has 1 aliphatic carbocycles. The van der Waals surface area contributed by atoms with E-state index in [1.54, 1.807) is 0 Å². The molecule has 0 spiro atoms. The van der Waals surface area contributed by atoms with Crippen LogP contribution in [0.25, 0.3) is 0 Å². The summed E-state index contributed by atoms with van der Waals surface area (Å²) in [4.78, 5) is 0. The van der Waals surface area contributed by atoms with Gasteiger partial charge < -0.3 is 0 Å². The van der Waals surface area contributed by atoms with Crippen LogP contribution in [0.3, 0.4) is 0 Å². The van der Waals surface area contributed by atoms with Gasteiger partial charge in [0.15, 0.2) is 0 Å². The zero-order valence-corrected chi connectivity index (χ0v) is 7.50. The highest BCUT2D eigenvalue weighted by molar-refractivity contribution is 7.88. The minimum Gasteiger partial charge on any atom is -0.213 e. The number of alkyl halides is 2. The molecule has 72 valence electrons. The number of rotatable bonds is 2. The molecule has 1 fully saturated rings. The van der Waals surface area contributed by atoms with E-state index in [2.05, 4.69) is 0 Å². The summed E-state index contributed by atoms with van der Waals surface area (Å²) in [6.07, 6.45) is 1.27. The molecule has 1 unspecified atom stereocenters. The van der Waals surface area contributed by atoms with Crippen molar-refractivity contribution in [1.82, 2.24) is 4.72 Å². The quantitative estimate of drug-likeness (QED) is 0.712. The van der Waals surface area contributed by atoms with Crippen LogP contribution in [0.4, 0.5) is 8.78 Å². The molecule has 1 saturated carbocycles. The second-order valence-corrected chi connectivity index (χ2v) is 4.88. The molecule has 0 bridgehead atoms. The molecule has 0 radical (unpaired) electrons. The van der Waals surface area contributed by atoms with Crippen LogP contribution in [0, 0.1) is 0 Å². The molecule has 1 N–H and O–H groups in total. The van der Waals surface area contributed by atoms with Crippen LogP contribution in [0.2, 0.25) is 0 Å². The number of sulfonamides is 1. The maximum Gasteiger partial charge on any atom is 0.264 e. The SMILES string of the molecule is CS(=O)(=O)NC1CCCC1(F)F. The van der Waals surface area contributed by atoms with Crippen LogP contribution in [0.15, 0.2) is 0 Å². The largest absolute Gasteiger partial charge is 0.264 e. The molecule has 1 rings (SSSR count). The summed E-state index contributed by atoms with van der Waals surface area (Å²) >= 11 is 0. The Kier molecular flexibility index (Phi) is 2.40. The fourth-order valence-electron chi connectivity index (χ4n) is 1.33. The zero-order chi connectivity index (χ0) is 9.41. The van der Waals surface area contributed by atoms with Gasteiger partial charge in [-0.2, -0.15) is 0 Å². The lowest BCUT2D eigenvalue weighted by Gasteiger charge is -2.18. The highest BCUT2D eigenvalue weighted by Crippen LogP contribution is 2.35. The lowest BCUT2D eigenvalue weighted by molar-refractivity contribution is -0.0112. The highest BCUT2D eigenvalue weighted by atomic mass is 32.2. The van der Waals surface area contributed by atoms with Gasteiger partial charge in [-0.1, -0.05) is 0 Å². The first-order valence-corrected chi connectivity index (χ1v) is 5.55. The van der Waals surface area contributed by atoms with Crippen LogP contribution in [-0.4, -0.2) is 26.6 Å². The van der Waals surface area contributed by atoms with Crippen molar-refractivity contribution in [2.45, 2.75) is 31.2 Å². The number of hydrogen-bond donors (Lipinski definition) is 1. The minimum atomic E-state index is -3.51. The molecule has 0 aromatic heterocycles. The van der Waals surface area contributed by atoms with Gasteiger partial charge in [-0.05, 0) is 12.8 Å². The Morgan fingerprint density at radius 2 is 2.08 bits per heavy atom. The topological polar surface area (TPSA) is 46.2 Å². The molecule has 3 nitrogen and oxygen atoms in total. The summed E-state index contributed by atoms with van der Waals surface area (Å²) in [6, 6.07) is -1.20. The fourth-order valence-corrected chi connectivity index (χ4v) is 2.14. The van der Waals surface area contributed by atoms with E-state index in [4.69, 9.17) is 0 Å². The average Bonchev–Trinajstić information content (AvgIpc) is 2.07. The zero-order valence-electron chi connectivity index (χ0n) is 6.68. The lowest BCUT2D eigenvalue weighted by atomic mass is 10.2. The first-order chi connectivity index (χ1) is 5.31.